The summed E-state index contributed by atoms with van der Waals surface area (Å²) in [5, 5.41) is 8.62. The van der Waals surface area contributed by atoms with Crippen molar-refractivity contribution in [1.29, 1.82) is 0 Å². The standard InChI is InChI=1S/C16H22FNO3/c1-2-15(13-5-3-4-6-14(13)17)18-9-7-12(8-10-18)21-11-16(19)20/h3-6,12,15H,2,7-11H2,1H3,(H,19,20). The van der Waals surface area contributed by atoms with E-state index >= 15 is 0 Å². The Labute approximate surface area is 124 Å². The van der Waals surface area contributed by atoms with Crippen LogP contribution in [0, 0.1) is 5.82 Å². The number of aliphatic carboxylic acids is 1. The van der Waals surface area contributed by atoms with Gasteiger partial charge in [0.15, 0.2) is 0 Å². The average Bonchev–Trinajstić information content (AvgIpc) is 2.49. The number of rotatable bonds is 6. The molecule has 1 atom stereocenters. The first kappa shape index (κ1) is 15.9. The van der Waals surface area contributed by atoms with Gasteiger partial charge in [0.25, 0.3) is 0 Å². The minimum atomic E-state index is -0.935. The van der Waals surface area contributed by atoms with Crippen LogP contribution < -0.4 is 0 Å². The van der Waals surface area contributed by atoms with Gasteiger partial charge in [0, 0.05) is 24.7 Å². The second kappa shape index (κ2) is 7.52. The molecule has 5 heteroatoms. The lowest BCUT2D eigenvalue weighted by atomic mass is 9.98. The van der Waals surface area contributed by atoms with Crippen molar-refractivity contribution in [3.8, 4) is 0 Å². The summed E-state index contributed by atoms with van der Waals surface area (Å²) in [6.07, 6.45) is 2.42. The molecular weight excluding hydrogens is 273 g/mol. The Morgan fingerprint density at radius 3 is 2.67 bits per heavy atom. The summed E-state index contributed by atoms with van der Waals surface area (Å²) in [5.74, 6) is -1.09. The second-order valence-corrected chi connectivity index (χ2v) is 5.39. The van der Waals surface area contributed by atoms with Gasteiger partial charge >= 0.3 is 5.97 Å². The zero-order valence-corrected chi connectivity index (χ0v) is 12.3. The van der Waals surface area contributed by atoms with Crippen LogP contribution in [0.3, 0.4) is 0 Å². The number of hydrogen-bond acceptors (Lipinski definition) is 3. The fourth-order valence-electron chi connectivity index (χ4n) is 2.96. The van der Waals surface area contributed by atoms with Gasteiger partial charge in [-0.15, -0.1) is 0 Å². The van der Waals surface area contributed by atoms with E-state index in [0.29, 0.717) is 0 Å². The average molecular weight is 295 g/mol. The van der Waals surface area contributed by atoms with Crippen molar-refractivity contribution in [2.75, 3.05) is 19.7 Å². The number of ether oxygens (including phenoxy) is 1. The number of carboxylic acid groups (broad SMARTS) is 1. The molecule has 1 unspecified atom stereocenters. The Morgan fingerprint density at radius 2 is 2.10 bits per heavy atom. The number of carbonyl (C=O) groups is 1. The van der Waals surface area contributed by atoms with Gasteiger partial charge in [0.05, 0.1) is 6.10 Å². The summed E-state index contributed by atoms with van der Waals surface area (Å²) < 4.78 is 19.3. The van der Waals surface area contributed by atoms with Gasteiger partial charge in [-0.25, -0.2) is 9.18 Å². The Balaban J connectivity index is 1.94. The maximum atomic E-state index is 14.0. The Bertz CT molecular complexity index is 472. The van der Waals surface area contributed by atoms with Crippen LogP contribution in [0.5, 0.6) is 0 Å². The molecule has 1 aliphatic rings. The van der Waals surface area contributed by atoms with Crippen LogP contribution >= 0.6 is 0 Å². The summed E-state index contributed by atoms with van der Waals surface area (Å²) in [7, 11) is 0. The third-order valence-corrected chi connectivity index (χ3v) is 4.01. The van der Waals surface area contributed by atoms with Crippen molar-refractivity contribution in [1.82, 2.24) is 4.90 Å². The molecule has 0 aliphatic carbocycles. The first-order valence-electron chi connectivity index (χ1n) is 7.43. The molecule has 1 N–H and O–H groups in total. The molecule has 0 aromatic heterocycles. The third-order valence-electron chi connectivity index (χ3n) is 4.01. The summed E-state index contributed by atoms with van der Waals surface area (Å²) in [6, 6.07) is 6.99. The molecule has 1 aromatic carbocycles. The summed E-state index contributed by atoms with van der Waals surface area (Å²) in [5.41, 5.74) is 0.741. The molecule has 0 radical (unpaired) electrons. The molecule has 1 heterocycles. The topological polar surface area (TPSA) is 49.8 Å². The van der Waals surface area contributed by atoms with E-state index in [-0.39, 0.29) is 24.6 Å². The fourth-order valence-corrected chi connectivity index (χ4v) is 2.96. The van der Waals surface area contributed by atoms with E-state index in [1.54, 1.807) is 6.07 Å². The number of likely N-dealkylation sites (tertiary alicyclic amines) is 1. The molecule has 0 amide bonds. The van der Waals surface area contributed by atoms with E-state index in [4.69, 9.17) is 9.84 Å². The maximum Gasteiger partial charge on any atom is 0.329 e. The predicted octanol–water partition coefficient (Wildman–Crippen LogP) is 2.84. The predicted molar refractivity (Wildman–Crippen MR) is 77.6 cm³/mol. The highest BCUT2D eigenvalue weighted by Crippen LogP contribution is 2.29. The molecule has 0 saturated carbocycles. The third kappa shape index (κ3) is 4.25. The molecule has 116 valence electrons. The summed E-state index contributed by atoms with van der Waals surface area (Å²) in [4.78, 5) is 12.8. The minimum absolute atomic E-state index is 0.00419. The Hall–Kier alpha value is -1.46. The van der Waals surface area contributed by atoms with E-state index in [9.17, 15) is 9.18 Å². The van der Waals surface area contributed by atoms with E-state index in [0.717, 1.165) is 37.9 Å². The molecule has 1 saturated heterocycles. The lowest BCUT2D eigenvalue weighted by molar-refractivity contribution is -0.145. The summed E-state index contributed by atoms with van der Waals surface area (Å²) in [6.45, 7) is 3.42. The molecule has 1 fully saturated rings. The zero-order chi connectivity index (χ0) is 15.2. The van der Waals surface area contributed by atoms with Gasteiger partial charge in [0.2, 0.25) is 0 Å². The van der Waals surface area contributed by atoms with Crippen LogP contribution in [-0.2, 0) is 9.53 Å². The lowest BCUT2D eigenvalue weighted by Crippen LogP contribution is -2.40. The van der Waals surface area contributed by atoms with Crippen LogP contribution in [0.15, 0.2) is 24.3 Å². The lowest BCUT2D eigenvalue weighted by Gasteiger charge is -2.37. The molecule has 1 aromatic rings. The van der Waals surface area contributed by atoms with Gasteiger partial charge in [0.1, 0.15) is 12.4 Å². The Morgan fingerprint density at radius 1 is 1.43 bits per heavy atom. The van der Waals surface area contributed by atoms with Crippen LogP contribution in [0.4, 0.5) is 4.39 Å². The van der Waals surface area contributed by atoms with Gasteiger partial charge in [-0.05, 0) is 25.3 Å². The van der Waals surface area contributed by atoms with Crippen molar-refractivity contribution < 1.29 is 19.0 Å². The van der Waals surface area contributed by atoms with Gasteiger partial charge in [-0.3, -0.25) is 4.90 Å². The van der Waals surface area contributed by atoms with E-state index in [1.807, 2.05) is 12.1 Å². The maximum absolute atomic E-state index is 14.0. The number of piperidine rings is 1. The van der Waals surface area contributed by atoms with Crippen molar-refractivity contribution in [2.45, 2.75) is 38.3 Å². The monoisotopic (exact) mass is 295 g/mol. The van der Waals surface area contributed by atoms with E-state index < -0.39 is 5.97 Å². The highest BCUT2D eigenvalue weighted by atomic mass is 19.1. The normalized spacial score (nSPS) is 18.6. The smallest absolute Gasteiger partial charge is 0.329 e. The number of halogens is 1. The fraction of sp³-hybridized carbons (Fsp3) is 0.562. The highest BCUT2D eigenvalue weighted by Gasteiger charge is 2.27. The largest absolute Gasteiger partial charge is 0.480 e. The second-order valence-electron chi connectivity index (χ2n) is 5.39. The first-order valence-corrected chi connectivity index (χ1v) is 7.43. The van der Waals surface area contributed by atoms with Crippen molar-refractivity contribution in [2.24, 2.45) is 0 Å². The number of nitrogens with zero attached hydrogens (tertiary/aromatic N) is 1. The van der Waals surface area contributed by atoms with Crippen molar-refractivity contribution in [3.63, 3.8) is 0 Å². The summed E-state index contributed by atoms with van der Waals surface area (Å²) >= 11 is 0. The van der Waals surface area contributed by atoms with Crippen molar-refractivity contribution in [3.05, 3.63) is 35.6 Å². The molecular formula is C16H22FNO3. The molecule has 0 bridgehead atoms. The van der Waals surface area contributed by atoms with Gasteiger partial charge in [-0.1, -0.05) is 25.1 Å². The van der Waals surface area contributed by atoms with E-state index in [2.05, 4.69) is 11.8 Å². The van der Waals surface area contributed by atoms with Gasteiger partial charge in [-0.2, -0.15) is 0 Å². The number of hydrogen-bond donors (Lipinski definition) is 1. The first-order chi connectivity index (χ1) is 10.1. The van der Waals surface area contributed by atoms with Crippen molar-refractivity contribution >= 4 is 5.97 Å². The zero-order valence-electron chi connectivity index (χ0n) is 12.3. The van der Waals surface area contributed by atoms with Crippen LogP contribution in [0.1, 0.15) is 37.8 Å². The molecule has 4 nitrogen and oxygen atoms in total. The van der Waals surface area contributed by atoms with Gasteiger partial charge < -0.3 is 9.84 Å². The highest BCUT2D eigenvalue weighted by molar-refractivity contribution is 5.68. The SMILES string of the molecule is CCC(c1ccccc1F)N1CCC(OCC(=O)O)CC1. The number of benzene rings is 1. The minimum Gasteiger partial charge on any atom is -0.480 e. The van der Waals surface area contributed by atoms with Crippen LogP contribution in [0.25, 0.3) is 0 Å². The van der Waals surface area contributed by atoms with Crippen LogP contribution in [0.2, 0.25) is 0 Å². The molecule has 21 heavy (non-hydrogen) atoms. The number of carboxylic acids is 1. The Kier molecular flexibility index (Phi) is 5.70. The molecule has 2 rings (SSSR count). The molecule has 1 aliphatic heterocycles. The van der Waals surface area contributed by atoms with E-state index in [1.165, 1.54) is 6.07 Å². The quantitative estimate of drug-likeness (QED) is 0.876. The van der Waals surface area contributed by atoms with Crippen LogP contribution in [-0.4, -0.2) is 41.8 Å². The molecule has 0 spiro atoms.